The fourth-order valence-corrected chi connectivity index (χ4v) is 0.616. The first-order chi connectivity index (χ1) is 3.67. The second-order valence-electron chi connectivity index (χ2n) is 2.12. The average Bonchev–Trinajstić information content (AvgIpc) is 2.15. The highest BCUT2D eigenvalue weighted by Gasteiger charge is 2.48. The predicted octanol–water partition coefficient (Wildman–Crippen LogP) is 0.670. The van der Waals surface area contributed by atoms with Crippen LogP contribution in [-0.2, 0) is 4.74 Å². The first kappa shape index (κ1) is 5.79. The van der Waals surface area contributed by atoms with Gasteiger partial charge < -0.3 is 9.84 Å². The molecule has 1 heterocycles. The monoisotopic (exact) mass is 114 g/mol. The number of hydrogen-bond acceptors (Lipinski definition) is 2. The van der Waals surface area contributed by atoms with Crippen LogP contribution in [-0.4, -0.2) is 17.0 Å². The quantitative estimate of drug-likeness (QED) is 0.401. The van der Waals surface area contributed by atoms with E-state index in [1.807, 2.05) is 19.1 Å². The molecule has 0 aromatic carbocycles. The molecule has 1 rings (SSSR count). The third-order valence-electron chi connectivity index (χ3n) is 1.20. The first-order valence-corrected chi connectivity index (χ1v) is 2.70. The van der Waals surface area contributed by atoms with E-state index in [0.29, 0.717) is 0 Å². The molecule has 2 unspecified atom stereocenters. The fraction of sp³-hybridized carbons (Fsp3) is 0.667. The van der Waals surface area contributed by atoms with E-state index in [4.69, 9.17) is 9.84 Å². The highest BCUT2D eigenvalue weighted by molar-refractivity contribution is 5.03. The molecule has 0 saturated carbocycles. The number of epoxide rings is 1. The van der Waals surface area contributed by atoms with Gasteiger partial charge in [0.1, 0.15) is 6.10 Å². The third-order valence-corrected chi connectivity index (χ3v) is 1.20. The van der Waals surface area contributed by atoms with Gasteiger partial charge in [-0.1, -0.05) is 12.2 Å². The zero-order valence-corrected chi connectivity index (χ0v) is 5.09. The molecule has 0 spiro atoms. The van der Waals surface area contributed by atoms with Gasteiger partial charge in [0, 0.05) is 0 Å². The SMILES string of the molecule is CC=CC1OC1(C)O. The number of aliphatic hydroxyl groups is 1. The van der Waals surface area contributed by atoms with E-state index < -0.39 is 5.79 Å². The van der Waals surface area contributed by atoms with Crippen LogP contribution in [0, 0.1) is 0 Å². The molecule has 2 heteroatoms. The van der Waals surface area contributed by atoms with Gasteiger partial charge in [0.05, 0.1) is 0 Å². The van der Waals surface area contributed by atoms with Crippen LogP contribution >= 0.6 is 0 Å². The summed E-state index contributed by atoms with van der Waals surface area (Å²) < 4.78 is 4.81. The molecule has 1 fully saturated rings. The van der Waals surface area contributed by atoms with Crippen molar-refractivity contribution in [1.29, 1.82) is 0 Å². The van der Waals surface area contributed by atoms with Gasteiger partial charge in [0.25, 0.3) is 0 Å². The molecule has 0 radical (unpaired) electrons. The van der Waals surface area contributed by atoms with Crippen molar-refractivity contribution in [2.45, 2.75) is 25.7 Å². The Bertz CT molecular complexity index is 116. The molecule has 1 saturated heterocycles. The zero-order valence-electron chi connectivity index (χ0n) is 5.09. The lowest BCUT2D eigenvalue weighted by Crippen LogP contribution is -2.04. The number of allylic oxidation sites excluding steroid dienone is 1. The normalized spacial score (nSPS) is 45.6. The van der Waals surface area contributed by atoms with Gasteiger partial charge in [-0.15, -0.1) is 0 Å². The zero-order chi connectivity index (χ0) is 6.20. The van der Waals surface area contributed by atoms with Gasteiger partial charge in [-0.05, 0) is 13.8 Å². The summed E-state index contributed by atoms with van der Waals surface area (Å²) in [5.74, 6) is -0.869. The van der Waals surface area contributed by atoms with E-state index in [0.717, 1.165) is 0 Å². The fourth-order valence-electron chi connectivity index (χ4n) is 0.616. The smallest absolute Gasteiger partial charge is 0.194 e. The van der Waals surface area contributed by atoms with Crippen LogP contribution in [0.3, 0.4) is 0 Å². The maximum atomic E-state index is 8.95. The Labute approximate surface area is 48.8 Å². The Balaban J connectivity index is 2.37. The predicted molar refractivity (Wildman–Crippen MR) is 30.3 cm³/mol. The van der Waals surface area contributed by atoms with Crippen molar-refractivity contribution >= 4 is 0 Å². The van der Waals surface area contributed by atoms with E-state index in [1.54, 1.807) is 6.92 Å². The van der Waals surface area contributed by atoms with Crippen LogP contribution in [0.4, 0.5) is 0 Å². The molecule has 2 atom stereocenters. The van der Waals surface area contributed by atoms with E-state index >= 15 is 0 Å². The summed E-state index contributed by atoms with van der Waals surface area (Å²) in [5, 5.41) is 8.95. The highest BCUT2D eigenvalue weighted by atomic mass is 16.7. The summed E-state index contributed by atoms with van der Waals surface area (Å²) in [6, 6.07) is 0. The number of hydrogen-bond donors (Lipinski definition) is 1. The van der Waals surface area contributed by atoms with Crippen LogP contribution in [0.1, 0.15) is 13.8 Å². The van der Waals surface area contributed by atoms with Crippen LogP contribution in [0.5, 0.6) is 0 Å². The maximum absolute atomic E-state index is 8.95. The molecule has 0 aromatic rings. The summed E-state index contributed by atoms with van der Waals surface area (Å²) in [6.07, 6.45) is 3.64. The minimum absolute atomic E-state index is 0.0625. The largest absolute Gasteiger partial charge is 0.363 e. The van der Waals surface area contributed by atoms with Gasteiger partial charge in [0.2, 0.25) is 0 Å². The minimum atomic E-state index is -0.869. The molecule has 0 aromatic heterocycles. The Morgan fingerprint density at radius 1 is 1.75 bits per heavy atom. The summed E-state index contributed by atoms with van der Waals surface area (Å²) >= 11 is 0. The van der Waals surface area contributed by atoms with Gasteiger partial charge in [-0.2, -0.15) is 0 Å². The van der Waals surface area contributed by atoms with Crippen molar-refractivity contribution in [1.82, 2.24) is 0 Å². The molecule has 0 bridgehead atoms. The standard InChI is InChI=1S/C6H10O2/c1-3-4-5-6(2,7)8-5/h3-5,7H,1-2H3. The highest BCUT2D eigenvalue weighted by Crippen LogP contribution is 2.33. The van der Waals surface area contributed by atoms with Crippen molar-refractivity contribution in [2.24, 2.45) is 0 Å². The second-order valence-corrected chi connectivity index (χ2v) is 2.12. The molecule has 1 aliphatic heterocycles. The first-order valence-electron chi connectivity index (χ1n) is 2.70. The summed E-state index contributed by atoms with van der Waals surface area (Å²) in [6.45, 7) is 3.55. The van der Waals surface area contributed by atoms with Crippen LogP contribution in [0.15, 0.2) is 12.2 Å². The Morgan fingerprint density at radius 2 is 2.25 bits per heavy atom. The minimum Gasteiger partial charge on any atom is -0.363 e. The Kier molecular flexibility index (Phi) is 1.14. The van der Waals surface area contributed by atoms with E-state index in [2.05, 4.69) is 0 Å². The van der Waals surface area contributed by atoms with E-state index in [1.165, 1.54) is 0 Å². The molecule has 1 aliphatic rings. The summed E-state index contributed by atoms with van der Waals surface area (Å²) in [7, 11) is 0. The van der Waals surface area contributed by atoms with Gasteiger partial charge in [-0.3, -0.25) is 0 Å². The van der Waals surface area contributed by atoms with Crippen molar-refractivity contribution < 1.29 is 9.84 Å². The molecule has 46 valence electrons. The molecular formula is C6H10O2. The van der Waals surface area contributed by atoms with E-state index in [-0.39, 0.29) is 6.10 Å². The van der Waals surface area contributed by atoms with Gasteiger partial charge >= 0.3 is 0 Å². The van der Waals surface area contributed by atoms with Crippen molar-refractivity contribution in [2.75, 3.05) is 0 Å². The van der Waals surface area contributed by atoms with Crippen LogP contribution < -0.4 is 0 Å². The number of rotatable bonds is 1. The van der Waals surface area contributed by atoms with Crippen molar-refractivity contribution in [3.8, 4) is 0 Å². The van der Waals surface area contributed by atoms with Crippen LogP contribution in [0.2, 0.25) is 0 Å². The summed E-state index contributed by atoms with van der Waals surface area (Å²) in [4.78, 5) is 0. The molecule has 2 nitrogen and oxygen atoms in total. The second kappa shape index (κ2) is 1.57. The van der Waals surface area contributed by atoms with Crippen molar-refractivity contribution in [3.05, 3.63) is 12.2 Å². The summed E-state index contributed by atoms with van der Waals surface area (Å²) in [5.41, 5.74) is 0. The lowest BCUT2D eigenvalue weighted by atomic mass is 10.3. The third kappa shape index (κ3) is 0.904. The molecule has 1 N–H and O–H groups in total. The average molecular weight is 114 g/mol. The van der Waals surface area contributed by atoms with Gasteiger partial charge in [-0.25, -0.2) is 0 Å². The lowest BCUT2D eigenvalue weighted by molar-refractivity contribution is 0.0549. The van der Waals surface area contributed by atoms with E-state index in [9.17, 15) is 0 Å². The van der Waals surface area contributed by atoms with Crippen LogP contribution in [0.25, 0.3) is 0 Å². The van der Waals surface area contributed by atoms with Crippen molar-refractivity contribution in [3.63, 3.8) is 0 Å². The molecule has 0 aliphatic carbocycles. The van der Waals surface area contributed by atoms with Gasteiger partial charge in [0.15, 0.2) is 5.79 Å². The lowest BCUT2D eigenvalue weighted by Gasteiger charge is -1.86. The number of ether oxygens (including phenoxy) is 1. The topological polar surface area (TPSA) is 32.8 Å². The Hall–Kier alpha value is -0.340. The maximum Gasteiger partial charge on any atom is 0.194 e. The molecular weight excluding hydrogens is 104 g/mol. The Morgan fingerprint density at radius 3 is 2.38 bits per heavy atom. The molecule has 0 amide bonds. The molecule has 8 heavy (non-hydrogen) atoms.